The fraction of sp³-hybridized carbons (Fsp3) is 0.500. The summed E-state index contributed by atoms with van der Waals surface area (Å²) in [5, 5.41) is 9.43. The molecule has 0 spiro atoms. The third kappa shape index (κ3) is 2.94. The number of nitrogens with zero attached hydrogens (tertiary/aromatic N) is 1. The monoisotopic (exact) mass is 243 g/mol. The Kier molecular flexibility index (Phi) is 3.79. The van der Waals surface area contributed by atoms with Gasteiger partial charge in [0.05, 0.1) is 6.61 Å². The van der Waals surface area contributed by atoms with Crippen LogP contribution in [0.5, 0.6) is 0 Å². The summed E-state index contributed by atoms with van der Waals surface area (Å²) in [7, 11) is 0. The fourth-order valence-electron chi connectivity index (χ4n) is 1.83. The van der Waals surface area contributed by atoms with Crippen molar-refractivity contribution in [1.29, 1.82) is 0 Å². The molecular weight excluding hydrogens is 229 g/mol. The summed E-state index contributed by atoms with van der Waals surface area (Å²) < 4.78 is 12.9. The Morgan fingerprint density at radius 3 is 2.75 bits per heavy atom. The van der Waals surface area contributed by atoms with Crippen molar-refractivity contribution in [3.05, 3.63) is 34.6 Å². The first kappa shape index (κ1) is 11.8. The van der Waals surface area contributed by atoms with Crippen molar-refractivity contribution in [2.75, 3.05) is 13.2 Å². The molecule has 2 rings (SSSR count). The SMILES string of the molecule is OCCN(Cc1ccc(F)cc1Cl)C1CC1. The van der Waals surface area contributed by atoms with Crippen LogP contribution in [-0.4, -0.2) is 29.2 Å². The highest BCUT2D eigenvalue weighted by Gasteiger charge is 2.28. The summed E-state index contributed by atoms with van der Waals surface area (Å²) in [5.74, 6) is -0.311. The molecule has 0 radical (unpaired) electrons. The largest absolute Gasteiger partial charge is 0.395 e. The van der Waals surface area contributed by atoms with E-state index in [0.717, 1.165) is 5.56 Å². The molecule has 1 fully saturated rings. The minimum absolute atomic E-state index is 0.148. The van der Waals surface area contributed by atoms with Crippen molar-refractivity contribution in [2.24, 2.45) is 0 Å². The predicted molar refractivity (Wildman–Crippen MR) is 61.9 cm³/mol. The van der Waals surface area contributed by atoms with Gasteiger partial charge in [0.1, 0.15) is 5.82 Å². The maximum Gasteiger partial charge on any atom is 0.124 e. The van der Waals surface area contributed by atoms with Gasteiger partial charge < -0.3 is 5.11 Å². The Balaban J connectivity index is 2.05. The van der Waals surface area contributed by atoms with E-state index in [1.54, 1.807) is 6.07 Å². The van der Waals surface area contributed by atoms with E-state index in [1.807, 2.05) is 0 Å². The van der Waals surface area contributed by atoms with E-state index in [-0.39, 0.29) is 12.4 Å². The second kappa shape index (κ2) is 5.13. The number of aliphatic hydroxyl groups is 1. The molecule has 0 unspecified atom stereocenters. The van der Waals surface area contributed by atoms with E-state index < -0.39 is 0 Å². The van der Waals surface area contributed by atoms with Gasteiger partial charge in [0.15, 0.2) is 0 Å². The molecule has 0 aromatic heterocycles. The van der Waals surface area contributed by atoms with Crippen molar-refractivity contribution in [1.82, 2.24) is 4.90 Å². The van der Waals surface area contributed by atoms with Gasteiger partial charge in [-0.15, -0.1) is 0 Å². The van der Waals surface area contributed by atoms with Crippen molar-refractivity contribution < 1.29 is 9.50 Å². The van der Waals surface area contributed by atoms with Crippen LogP contribution in [0.1, 0.15) is 18.4 Å². The third-order valence-electron chi connectivity index (χ3n) is 2.84. The molecule has 2 nitrogen and oxygen atoms in total. The first-order chi connectivity index (χ1) is 7.70. The van der Waals surface area contributed by atoms with Gasteiger partial charge in [0.2, 0.25) is 0 Å². The highest BCUT2D eigenvalue weighted by molar-refractivity contribution is 6.31. The van der Waals surface area contributed by atoms with Gasteiger partial charge in [-0.05, 0) is 30.5 Å². The van der Waals surface area contributed by atoms with Gasteiger partial charge in [-0.3, -0.25) is 4.90 Å². The second-order valence-corrected chi connectivity index (χ2v) is 4.57. The molecule has 1 aliphatic rings. The molecule has 1 aliphatic carbocycles. The molecule has 0 heterocycles. The van der Waals surface area contributed by atoms with Crippen LogP contribution in [0.3, 0.4) is 0 Å². The minimum Gasteiger partial charge on any atom is -0.395 e. The van der Waals surface area contributed by atoms with Crippen LogP contribution in [0.2, 0.25) is 5.02 Å². The van der Waals surface area contributed by atoms with Crippen molar-refractivity contribution >= 4 is 11.6 Å². The maximum atomic E-state index is 12.9. The van der Waals surface area contributed by atoms with Crippen LogP contribution in [-0.2, 0) is 6.54 Å². The van der Waals surface area contributed by atoms with Crippen LogP contribution >= 0.6 is 11.6 Å². The number of halogens is 2. The average Bonchev–Trinajstić information content (AvgIpc) is 3.04. The smallest absolute Gasteiger partial charge is 0.124 e. The molecule has 1 aromatic rings. The highest BCUT2D eigenvalue weighted by Crippen LogP contribution is 2.29. The summed E-state index contributed by atoms with van der Waals surface area (Å²) >= 11 is 5.97. The second-order valence-electron chi connectivity index (χ2n) is 4.16. The molecule has 1 N–H and O–H groups in total. The lowest BCUT2D eigenvalue weighted by molar-refractivity contribution is 0.183. The molecule has 0 amide bonds. The van der Waals surface area contributed by atoms with Gasteiger partial charge in [-0.25, -0.2) is 4.39 Å². The Bertz CT molecular complexity index is 368. The van der Waals surface area contributed by atoms with Crippen LogP contribution in [0.15, 0.2) is 18.2 Å². The van der Waals surface area contributed by atoms with Gasteiger partial charge in [0.25, 0.3) is 0 Å². The van der Waals surface area contributed by atoms with Crippen LogP contribution in [0.25, 0.3) is 0 Å². The zero-order valence-corrected chi connectivity index (χ0v) is 9.75. The average molecular weight is 244 g/mol. The Hall–Kier alpha value is -0.640. The van der Waals surface area contributed by atoms with E-state index in [0.29, 0.717) is 24.2 Å². The molecule has 0 bridgehead atoms. The lowest BCUT2D eigenvalue weighted by Crippen LogP contribution is -2.28. The zero-order valence-electron chi connectivity index (χ0n) is 9.00. The molecule has 16 heavy (non-hydrogen) atoms. The summed E-state index contributed by atoms with van der Waals surface area (Å²) in [6, 6.07) is 5.03. The lowest BCUT2D eigenvalue weighted by Gasteiger charge is -2.21. The number of hydrogen-bond donors (Lipinski definition) is 1. The van der Waals surface area contributed by atoms with E-state index >= 15 is 0 Å². The minimum atomic E-state index is -0.311. The van der Waals surface area contributed by atoms with Crippen LogP contribution in [0, 0.1) is 5.82 Å². The molecule has 0 saturated heterocycles. The van der Waals surface area contributed by atoms with Crippen molar-refractivity contribution in [3.63, 3.8) is 0 Å². The topological polar surface area (TPSA) is 23.5 Å². The van der Waals surface area contributed by atoms with Crippen LogP contribution < -0.4 is 0 Å². The van der Waals surface area contributed by atoms with Crippen molar-refractivity contribution in [3.8, 4) is 0 Å². The predicted octanol–water partition coefficient (Wildman–Crippen LogP) is 2.44. The third-order valence-corrected chi connectivity index (χ3v) is 3.19. The van der Waals surface area contributed by atoms with E-state index in [9.17, 15) is 4.39 Å². The Morgan fingerprint density at radius 1 is 1.44 bits per heavy atom. The molecule has 1 saturated carbocycles. The van der Waals surface area contributed by atoms with E-state index in [4.69, 9.17) is 16.7 Å². The summed E-state index contributed by atoms with van der Waals surface area (Å²) in [6.07, 6.45) is 2.36. The Morgan fingerprint density at radius 2 is 2.19 bits per heavy atom. The summed E-state index contributed by atoms with van der Waals surface area (Å²) in [6.45, 7) is 1.48. The molecule has 88 valence electrons. The molecule has 0 aliphatic heterocycles. The van der Waals surface area contributed by atoms with Gasteiger partial charge >= 0.3 is 0 Å². The lowest BCUT2D eigenvalue weighted by atomic mass is 10.2. The molecule has 1 aromatic carbocycles. The number of benzene rings is 1. The van der Waals surface area contributed by atoms with Gasteiger partial charge in [-0.2, -0.15) is 0 Å². The van der Waals surface area contributed by atoms with E-state index in [2.05, 4.69) is 4.90 Å². The number of hydrogen-bond acceptors (Lipinski definition) is 2. The normalized spacial score (nSPS) is 15.8. The highest BCUT2D eigenvalue weighted by atomic mass is 35.5. The summed E-state index contributed by atoms with van der Waals surface area (Å²) in [4.78, 5) is 2.19. The molecule has 0 atom stereocenters. The summed E-state index contributed by atoms with van der Waals surface area (Å²) in [5.41, 5.74) is 0.920. The number of aliphatic hydroxyl groups excluding tert-OH is 1. The first-order valence-electron chi connectivity index (χ1n) is 5.49. The fourth-order valence-corrected chi connectivity index (χ4v) is 2.05. The number of rotatable bonds is 5. The Labute approximate surface area is 99.6 Å². The molecular formula is C12H15ClFNO. The standard InChI is InChI=1S/C12H15ClFNO/c13-12-7-10(14)2-1-9(12)8-15(5-6-16)11-3-4-11/h1-2,7,11,16H,3-6,8H2. The maximum absolute atomic E-state index is 12.9. The first-order valence-corrected chi connectivity index (χ1v) is 5.87. The quantitative estimate of drug-likeness (QED) is 0.859. The van der Waals surface area contributed by atoms with Gasteiger partial charge in [-0.1, -0.05) is 17.7 Å². The van der Waals surface area contributed by atoms with Gasteiger partial charge in [0, 0.05) is 24.2 Å². The van der Waals surface area contributed by atoms with Crippen LogP contribution in [0.4, 0.5) is 4.39 Å². The molecule has 4 heteroatoms. The van der Waals surface area contributed by atoms with Crippen molar-refractivity contribution in [2.45, 2.75) is 25.4 Å². The van der Waals surface area contributed by atoms with E-state index in [1.165, 1.54) is 25.0 Å². The zero-order chi connectivity index (χ0) is 11.5.